The summed E-state index contributed by atoms with van der Waals surface area (Å²) in [6.45, 7) is 2.12. The molecule has 0 amide bonds. The molecule has 0 N–H and O–H groups in total. The van der Waals surface area contributed by atoms with Gasteiger partial charge < -0.3 is 0 Å². The van der Waals surface area contributed by atoms with Crippen LogP contribution in [0.5, 0.6) is 0 Å². The van der Waals surface area contributed by atoms with Crippen molar-refractivity contribution in [3.63, 3.8) is 0 Å². The molecule has 3 radical (unpaired) electrons. The highest BCUT2D eigenvalue weighted by Gasteiger charge is 1.93. The number of rotatable bonds is 1. The van der Waals surface area contributed by atoms with Gasteiger partial charge in [0.15, 0.2) is 0 Å². The zero-order valence-corrected chi connectivity index (χ0v) is 8.97. The molecule has 1 rings (SSSR count). The van der Waals surface area contributed by atoms with Gasteiger partial charge in [0, 0.05) is 13.8 Å². The predicted molar refractivity (Wildman–Crippen MR) is 53.4 cm³/mol. The van der Waals surface area contributed by atoms with Gasteiger partial charge in [-0.3, -0.25) is 0 Å². The largest absolute Gasteiger partial charge is 0.0590 e. The van der Waals surface area contributed by atoms with Crippen LogP contribution >= 0.6 is 22.6 Å². The lowest BCUT2D eigenvalue weighted by Crippen LogP contribution is -1.86. The van der Waals surface area contributed by atoms with Crippen LogP contribution < -0.4 is 0 Å². The van der Waals surface area contributed by atoms with E-state index in [0.29, 0.717) is 0 Å². The predicted octanol–water partition coefficient (Wildman–Crippen LogP) is 2.27. The minimum atomic E-state index is 0.941. The topological polar surface area (TPSA) is 0 Å². The zero-order chi connectivity index (χ0) is 7.56. The molecular weight excluding hydrogens is 251 g/mol. The highest BCUT2D eigenvalue weighted by molar-refractivity contribution is 14.1. The van der Waals surface area contributed by atoms with Crippen molar-refractivity contribution in [3.8, 4) is 0 Å². The summed E-state index contributed by atoms with van der Waals surface area (Å²) in [6, 6.07) is 7.43. The quantitative estimate of drug-likeness (QED) is 0.536. The summed E-state index contributed by atoms with van der Waals surface area (Å²) in [5.74, 6) is 0. The fraction of sp³-hybridized carbons (Fsp3) is 0.250. The average molecular weight is 259 g/mol. The molecule has 0 unspecified atom stereocenters. The second kappa shape index (κ2) is 3.53. The molecule has 51 valence electrons. The standard InChI is InChI=1S/C8H8ISi/c1-6-2-3-7(5-10)4-8(6)9/h2-4H,5H2,1H3. The van der Waals surface area contributed by atoms with Crippen LogP contribution in [0.3, 0.4) is 0 Å². The molecule has 10 heavy (non-hydrogen) atoms. The van der Waals surface area contributed by atoms with Gasteiger partial charge in [-0.15, -0.1) is 0 Å². The summed E-state index contributed by atoms with van der Waals surface area (Å²) in [5.41, 5.74) is 2.69. The maximum atomic E-state index is 3.46. The average Bonchev–Trinajstić information content (AvgIpc) is 1.95. The van der Waals surface area contributed by atoms with E-state index in [0.717, 1.165) is 6.04 Å². The molecule has 0 aliphatic carbocycles. The summed E-state index contributed by atoms with van der Waals surface area (Å²) in [6.07, 6.45) is 0. The summed E-state index contributed by atoms with van der Waals surface area (Å²) < 4.78 is 1.34. The Balaban J connectivity index is 3.04. The third-order valence-electron chi connectivity index (χ3n) is 1.44. The fourth-order valence-corrected chi connectivity index (χ4v) is 1.55. The molecule has 1 aromatic rings. The number of aryl methyl sites for hydroxylation is 1. The molecule has 0 aliphatic rings. The maximum absolute atomic E-state index is 3.46. The molecule has 0 saturated carbocycles. The Morgan fingerprint density at radius 3 is 2.70 bits per heavy atom. The van der Waals surface area contributed by atoms with E-state index in [1.54, 1.807) is 0 Å². The molecule has 0 bridgehead atoms. The van der Waals surface area contributed by atoms with Crippen LogP contribution in [0.1, 0.15) is 11.1 Å². The second-order valence-corrected chi connectivity index (χ2v) is 3.78. The molecular formula is C8H8ISi. The second-order valence-electron chi connectivity index (χ2n) is 2.26. The monoisotopic (exact) mass is 259 g/mol. The smallest absolute Gasteiger partial charge is 0.0283 e. The molecule has 0 atom stereocenters. The molecule has 0 nitrogen and oxygen atoms in total. The first-order chi connectivity index (χ1) is 4.74. The van der Waals surface area contributed by atoms with Crippen LogP contribution in [-0.2, 0) is 6.04 Å². The third-order valence-corrected chi connectivity index (χ3v) is 3.01. The fourth-order valence-electron chi connectivity index (χ4n) is 0.746. The van der Waals surface area contributed by atoms with Gasteiger partial charge in [-0.2, -0.15) is 0 Å². The summed E-state index contributed by atoms with van der Waals surface area (Å²) >= 11 is 2.35. The first kappa shape index (κ1) is 8.27. The van der Waals surface area contributed by atoms with Crippen LogP contribution in [0.25, 0.3) is 0 Å². The Morgan fingerprint density at radius 2 is 2.20 bits per heavy atom. The number of hydrogen-bond acceptors (Lipinski definition) is 0. The number of halogens is 1. The van der Waals surface area contributed by atoms with Crippen molar-refractivity contribution in [2.45, 2.75) is 13.0 Å². The zero-order valence-electron chi connectivity index (χ0n) is 5.82. The Kier molecular flexibility index (Phi) is 2.91. The van der Waals surface area contributed by atoms with E-state index in [1.807, 2.05) is 0 Å². The molecule has 0 aromatic heterocycles. The van der Waals surface area contributed by atoms with Gasteiger partial charge in [0.2, 0.25) is 0 Å². The van der Waals surface area contributed by atoms with Crippen molar-refractivity contribution >= 4 is 32.8 Å². The van der Waals surface area contributed by atoms with Crippen LogP contribution in [0.2, 0.25) is 0 Å². The van der Waals surface area contributed by atoms with E-state index in [9.17, 15) is 0 Å². The van der Waals surface area contributed by atoms with Crippen LogP contribution in [0.4, 0.5) is 0 Å². The van der Waals surface area contributed by atoms with E-state index in [2.05, 4.69) is 58.0 Å². The van der Waals surface area contributed by atoms with Crippen LogP contribution in [-0.4, -0.2) is 10.2 Å². The van der Waals surface area contributed by atoms with Gasteiger partial charge in [-0.1, -0.05) is 17.7 Å². The van der Waals surface area contributed by atoms with Crippen molar-refractivity contribution in [1.82, 2.24) is 0 Å². The van der Waals surface area contributed by atoms with Gasteiger partial charge in [-0.25, -0.2) is 0 Å². The Hall–Kier alpha value is 0.167. The molecule has 0 spiro atoms. The highest BCUT2D eigenvalue weighted by Crippen LogP contribution is 2.12. The number of benzene rings is 1. The Morgan fingerprint density at radius 1 is 1.50 bits per heavy atom. The molecule has 0 heterocycles. The summed E-state index contributed by atoms with van der Waals surface area (Å²) in [7, 11) is 3.46. The van der Waals surface area contributed by atoms with E-state index >= 15 is 0 Å². The number of hydrogen-bond donors (Lipinski definition) is 0. The molecule has 0 saturated heterocycles. The first-order valence-corrected chi connectivity index (χ1v) is 4.92. The maximum Gasteiger partial charge on any atom is 0.0283 e. The van der Waals surface area contributed by atoms with Crippen molar-refractivity contribution < 1.29 is 0 Å². The SMILES string of the molecule is Cc1ccc(C[Si])cc1I. The molecule has 2 heteroatoms. The lowest BCUT2D eigenvalue weighted by Gasteiger charge is -1.99. The minimum Gasteiger partial charge on any atom is -0.0590 e. The minimum absolute atomic E-state index is 0.941. The van der Waals surface area contributed by atoms with E-state index in [1.165, 1.54) is 14.7 Å². The first-order valence-electron chi connectivity index (χ1n) is 3.13. The van der Waals surface area contributed by atoms with Crippen LogP contribution in [0, 0.1) is 10.5 Å². The van der Waals surface area contributed by atoms with Crippen LogP contribution in [0.15, 0.2) is 18.2 Å². The highest BCUT2D eigenvalue weighted by atomic mass is 127. The van der Waals surface area contributed by atoms with Gasteiger partial charge in [0.1, 0.15) is 0 Å². The van der Waals surface area contributed by atoms with Crippen molar-refractivity contribution in [1.29, 1.82) is 0 Å². The van der Waals surface area contributed by atoms with E-state index in [-0.39, 0.29) is 0 Å². The van der Waals surface area contributed by atoms with Gasteiger partial charge in [0.05, 0.1) is 0 Å². The Bertz CT molecular complexity index is 233. The molecule has 0 aliphatic heterocycles. The summed E-state index contributed by atoms with van der Waals surface area (Å²) in [4.78, 5) is 0. The van der Waals surface area contributed by atoms with Gasteiger partial charge >= 0.3 is 0 Å². The lowest BCUT2D eigenvalue weighted by molar-refractivity contribution is 1.33. The van der Waals surface area contributed by atoms with E-state index in [4.69, 9.17) is 0 Å². The Labute approximate surface area is 78.6 Å². The van der Waals surface area contributed by atoms with E-state index < -0.39 is 0 Å². The normalized spacial score (nSPS) is 9.90. The lowest BCUT2D eigenvalue weighted by atomic mass is 10.2. The van der Waals surface area contributed by atoms with Gasteiger partial charge in [-0.05, 0) is 47.2 Å². The van der Waals surface area contributed by atoms with Crippen molar-refractivity contribution in [2.75, 3.05) is 0 Å². The third kappa shape index (κ3) is 1.82. The summed E-state index contributed by atoms with van der Waals surface area (Å²) in [5, 5.41) is 0. The molecule has 1 aromatic carbocycles. The van der Waals surface area contributed by atoms with Gasteiger partial charge in [0.25, 0.3) is 0 Å². The van der Waals surface area contributed by atoms with Crippen molar-refractivity contribution in [2.24, 2.45) is 0 Å². The molecule has 0 fully saturated rings. The van der Waals surface area contributed by atoms with Crippen molar-refractivity contribution in [3.05, 3.63) is 32.9 Å².